The molecule has 0 aliphatic carbocycles. The number of allylic oxidation sites excluding steroid dienone is 6. The number of pyridine rings is 1. The lowest BCUT2D eigenvalue weighted by atomic mass is 9.89. The van der Waals surface area contributed by atoms with Crippen LogP contribution in [-0.4, -0.2) is 22.0 Å². The van der Waals surface area contributed by atoms with Crippen molar-refractivity contribution in [3.8, 4) is 0 Å². The Balaban J connectivity index is 2.88. The van der Waals surface area contributed by atoms with Crippen molar-refractivity contribution in [3.63, 3.8) is 0 Å². The molecule has 142 valence electrons. The fraction of sp³-hybridized carbons (Fsp3) is 0.0870. The maximum absolute atomic E-state index is 14.5. The van der Waals surface area contributed by atoms with Crippen LogP contribution in [0.5, 0.6) is 0 Å². The van der Waals surface area contributed by atoms with E-state index >= 15 is 0 Å². The van der Waals surface area contributed by atoms with Crippen LogP contribution < -0.4 is 0 Å². The number of nitrogens with zero attached hydrogens (tertiary/aromatic N) is 1. The van der Waals surface area contributed by atoms with Crippen LogP contribution in [0.25, 0.3) is 5.57 Å². The first-order chi connectivity index (χ1) is 13.5. The third kappa shape index (κ3) is 4.81. The molecule has 28 heavy (non-hydrogen) atoms. The SMILES string of the molecule is C=C\C=C/C(=C\C)C(/C(=N)c1ccccc1F)=C(/C(=N)SC)c1ccccn1. The molecule has 0 saturated heterocycles. The first kappa shape index (κ1) is 21.3. The van der Waals surface area contributed by atoms with Gasteiger partial charge in [0, 0.05) is 22.9 Å². The number of benzene rings is 1. The normalized spacial score (nSPS) is 12.6. The van der Waals surface area contributed by atoms with E-state index in [1.165, 1.54) is 17.8 Å². The van der Waals surface area contributed by atoms with Gasteiger partial charge in [0.15, 0.2) is 0 Å². The number of nitrogens with one attached hydrogen (secondary N) is 2. The first-order valence-corrected chi connectivity index (χ1v) is 9.85. The minimum atomic E-state index is -0.482. The summed E-state index contributed by atoms with van der Waals surface area (Å²) in [6.07, 6.45) is 10.5. The molecule has 1 heterocycles. The van der Waals surface area contributed by atoms with E-state index in [2.05, 4.69) is 11.6 Å². The summed E-state index contributed by atoms with van der Waals surface area (Å²) in [5, 5.41) is 17.6. The first-order valence-electron chi connectivity index (χ1n) is 8.63. The monoisotopic (exact) mass is 391 g/mol. The molecule has 0 atom stereocenters. The third-order valence-corrected chi connectivity index (χ3v) is 4.62. The van der Waals surface area contributed by atoms with Gasteiger partial charge < -0.3 is 0 Å². The summed E-state index contributed by atoms with van der Waals surface area (Å²) in [6.45, 7) is 5.54. The van der Waals surface area contributed by atoms with Crippen molar-refractivity contribution >= 4 is 28.1 Å². The number of aromatic nitrogens is 1. The van der Waals surface area contributed by atoms with Crippen LogP contribution in [0.3, 0.4) is 0 Å². The molecule has 0 aliphatic heterocycles. The molecule has 0 bridgehead atoms. The summed E-state index contributed by atoms with van der Waals surface area (Å²) >= 11 is 1.25. The van der Waals surface area contributed by atoms with E-state index in [1.807, 2.05) is 19.1 Å². The van der Waals surface area contributed by atoms with Gasteiger partial charge in [0.05, 0.1) is 16.4 Å². The number of halogens is 1. The fourth-order valence-electron chi connectivity index (χ4n) is 2.68. The maximum Gasteiger partial charge on any atom is 0.132 e. The summed E-state index contributed by atoms with van der Waals surface area (Å²) in [5.74, 6) is -0.482. The molecule has 2 N–H and O–H groups in total. The van der Waals surface area contributed by atoms with Crippen molar-refractivity contribution in [2.24, 2.45) is 0 Å². The minimum Gasteiger partial charge on any atom is -0.299 e. The topological polar surface area (TPSA) is 60.6 Å². The van der Waals surface area contributed by atoms with Crippen molar-refractivity contribution in [2.45, 2.75) is 6.92 Å². The van der Waals surface area contributed by atoms with Crippen LogP contribution in [0.1, 0.15) is 18.2 Å². The maximum atomic E-state index is 14.5. The molecule has 0 aliphatic rings. The second kappa shape index (κ2) is 10.3. The molecular weight excluding hydrogens is 369 g/mol. The van der Waals surface area contributed by atoms with Crippen molar-refractivity contribution in [2.75, 3.05) is 6.26 Å². The molecule has 1 aromatic heterocycles. The average Bonchev–Trinajstić information content (AvgIpc) is 2.73. The van der Waals surface area contributed by atoms with Gasteiger partial charge >= 0.3 is 0 Å². The highest BCUT2D eigenvalue weighted by Crippen LogP contribution is 2.31. The van der Waals surface area contributed by atoms with Gasteiger partial charge in [-0.15, -0.1) is 11.8 Å². The van der Waals surface area contributed by atoms with Crippen LogP contribution >= 0.6 is 11.8 Å². The lowest BCUT2D eigenvalue weighted by Gasteiger charge is -2.18. The van der Waals surface area contributed by atoms with Crippen molar-refractivity contribution < 1.29 is 4.39 Å². The Morgan fingerprint density at radius 3 is 2.43 bits per heavy atom. The van der Waals surface area contributed by atoms with E-state index in [1.54, 1.807) is 61.0 Å². The van der Waals surface area contributed by atoms with Gasteiger partial charge in [0.2, 0.25) is 0 Å². The Morgan fingerprint density at radius 1 is 1.14 bits per heavy atom. The van der Waals surface area contributed by atoms with Crippen LogP contribution in [0.2, 0.25) is 0 Å². The zero-order chi connectivity index (χ0) is 20.5. The summed E-state index contributed by atoms with van der Waals surface area (Å²) < 4.78 is 14.5. The Kier molecular flexibility index (Phi) is 7.84. The molecule has 0 radical (unpaired) electrons. The zero-order valence-corrected chi connectivity index (χ0v) is 16.7. The largest absolute Gasteiger partial charge is 0.299 e. The van der Waals surface area contributed by atoms with Crippen LogP contribution in [0.15, 0.2) is 90.7 Å². The summed E-state index contributed by atoms with van der Waals surface area (Å²) in [5.41, 5.74) is 2.36. The molecule has 0 fully saturated rings. The van der Waals surface area contributed by atoms with Crippen LogP contribution in [0, 0.1) is 16.6 Å². The smallest absolute Gasteiger partial charge is 0.132 e. The second-order valence-electron chi connectivity index (χ2n) is 5.69. The standard InChI is InChI=1S/C23H22FN3S/c1-4-6-11-16(5-2)20(22(25)17-12-7-8-13-18(17)24)21(23(26)28-3)19-14-9-10-15-27-19/h4-15,25-26H,1H2,2-3H3/b11-6-,16-5+,21-20-,25-22?,26-23?. The predicted molar refractivity (Wildman–Crippen MR) is 119 cm³/mol. The van der Waals surface area contributed by atoms with Gasteiger partial charge in [0.25, 0.3) is 0 Å². The van der Waals surface area contributed by atoms with E-state index in [0.717, 1.165) is 0 Å². The zero-order valence-electron chi connectivity index (χ0n) is 15.9. The molecule has 0 unspecified atom stereocenters. The van der Waals surface area contributed by atoms with Gasteiger partial charge in [-0.05, 0) is 43.0 Å². The average molecular weight is 392 g/mol. The van der Waals surface area contributed by atoms with Gasteiger partial charge in [-0.3, -0.25) is 15.8 Å². The number of hydrogen-bond acceptors (Lipinski definition) is 4. The molecule has 3 nitrogen and oxygen atoms in total. The summed E-state index contributed by atoms with van der Waals surface area (Å²) in [4.78, 5) is 4.39. The minimum absolute atomic E-state index is 0.000588. The molecule has 5 heteroatoms. The molecule has 2 aromatic rings. The lowest BCUT2D eigenvalue weighted by Crippen LogP contribution is -2.14. The van der Waals surface area contributed by atoms with Gasteiger partial charge in [-0.25, -0.2) is 4.39 Å². The Hall–Kier alpha value is -3.05. The van der Waals surface area contributed by atoms with Crippen LogP contribution in [0.4, 0.5) is 4.39 Å². The Morgan fingerprint density at radius 2 is 1.86 bits per heavy atom. The van der Waals surface area contributed by atoms with Crippen molar-refractivity contribution in [3.05, 3.63) is 108 Å². The van der Waals surface area contributed by atoms with E-state index in [9.17, 15) is 4.39 Å². The van der Waals surface area contributed by atoms with Crippen LogP contribution in [-0.2, 0) is 0 Å². The molecule has 2 rings (SSSR count). The van der Waals surface area contributed by atoms with Gasteiger partial charge in [0.1, 0.15) is 5.82 Å². The third-order valence-electron chi connectivity index (χ3n) is 4.01. The highest BCUT2D eigenvalue weighted by molar-refractivity contribution is 8.14. The van der Waals surface area contributed by atoms with E-state index < -0.39 is 5.82 Å². The second-order valence-corrected chi connectivity index (χ2v) is 6.51. The van der Waals surface area contributed by atoms with Gasteiger partial charge in [-0.1, -0.05) is 49.1 Å². The highest BCUT2D eigenvalue weighted by Gasteiger charge is 2.23. The Labute approximate surface area is 169 Å². The lowest BCUT2D eigenvalue weighted by molar-refractivity contribution is 0.625. The highest BCUT2D eigenvalue weighted by atomic mass is 32.2. The Bertz CT molecular complexity index is 972. The predicted octanol–water partition coefficient (Wildman–Crippen LogP) is 6.07. The van der Waals surface area contributed by atoms with E-state index in [-0.39, 0.29) is 16.3 Å². The quantitative estimate of drug-likeness (QED) is 0.342. The molecule has 0 amide bonds. The molecular formula is C23H22FN3S. The fourth-order valence-corrected chi connectivity index (χ4v) is 3.09. The van der Waals surface area contributed by atoms with E-state index in [0.29, 0.717) is 22.4 Å². The van der Waals surface area contributed by atoms with Crippen molar-refractivity contribution in [1.82, 2.24) is 4.98 Å². The van der Waals surface area contributed by atoms with Gasteiger partial charge in [-0.2, -0.15) is 0 Å². The van der Waals surface area contributed by atoms with E-state index in [4.69, 9.17) is 10.8 Å². The number of hydrogen-bond donors (Lipinski definition) is 2. The molecule has 0 spiro atoms. The molecule has 1 aromatic carbocycles. The van der Waals surface area contributed by atoms with Crippen molar-refractivity contribution in [1.29, 1.82) is 10.8 Å². The number of rotatable bonds is 7. The number of thioether (sulfide) groups is 1. The summed E-state index contributed by atoms with van der Waals surface area (Å²) in [6, 6.07) is 11.6. The molecule has 0 saturated carbocycles. The summed E-state index contributed by atoms with van der Waals surface area (Å²) in [7, 11) is 0.